The molecule has 0 saturated carbocycles. The van der Waals surface area contributed by atoms with Gasteiger partial charge < -0.3 is 5.11 Å². The van der Waals surface area contributed by atoms with Gasteiger partial charge in [-0.1, -0.05) is 12.1 Å². The number of aromatic carboxylic acids is 1. The van der Waals surface area contributed by atoms with Crippen molar-refractivity contribution in [2.75, 3.05) is 0 Å². The molecule has 0 spiro atoms. The summed E-state index contributed by atoms with van der Waals surface area (Å²) < 4.78 is 25.9. The predicted octanol–water partition coefficient (Wildman–Crippen LogP) is 2.51. The SMILES string of the molecule is O=C(O)c1cnn(-c2ccc(C(F)F)cc2)c1. The minimum absolute atomic E-state index is 0.0444. The number of alkyl halides is 2. The molecule has 0 fully saturated rings. The third-order valence-corrected chi connectivity index (χ3v) is 2.24. The van der Waals surface area contributed by atoms with Crippen LogP contribution in [-0.4, -0.2) is 20.9 Å². The molecule has 0 bridgehead atoms. The van der Waals surface area contributed by atoms with Crippen LogP contribution < -0.4 is 0 Å². The molecular weight excluding hydrogens is 230 g/mol. The number of rotatable bonds is 3. The Morgan fingerprint density at radius 2 is 1.94 bits per heavy atom. The van der Waals surface area contributed by atoms with Crippen LogP contribution in [0.1, 0.15) is 22.3 Å². The Morgan fingerprint density at radius 1 is 1.29 bits per heavy atom. The Labute approximate surface area is 95.1 Å². The van der Waals surface area contributed by atoms with Crippen molar-refractivity contribution in [2.45, 2.75) is 6.43 Å². The lowest BCUT2D eigenvalue weighted by Crippen LogP contribution is -1.96. The highest BCUT2D eigenvalue weighted by Crippen LogP contribution is 2.19. The molecule has 0 atom stereocenters. The van der Waals surface area contributed by atoms with Gasteiger partial charge >= 0.3 is 5.97 Å². The molecule has 0 saturated heterocycles. The first-order valence-corrected chi connectivity index (χ1v) is 4.74. The van der Waals surface area contributed by atoms with Gasteiger partial charge in [0.15, 0.2) is 0 Å². The summed E-state index contributed by atoms with van der Waals surface area (Å²) in [6.07, 6.45) is -0.000423. The summed E-state index contributed by atoms with van der Waals surface area (Å²) in [5.41, 5.74) is 0.490. The molecule has 6 heteroatoms. The van der Waals surface area contributed by atoms with Crippen LogP contribution >= 0.6 is 0 Å². The van der Waals surface area contributed by atoms with Crippen molar-refractivity contribution in [3.05, 3.63) is 47.8 Å². The molecule has 0 aliphatic rings. The lowest BCUT2D eigenvalue weighted by molar-refractivity contribution is 0.0697. The molecule has 1 N–H and O–H groups in total. The van der Waals surface area contributed by atoms with Gasteiger partial charge in [-0.2, -0.15) is 5.10 Å². The summed E-state index contributed by atoms with van der Waals surface area (Å²) in [6, 6.07) is 5.48. The molecule has 17 heavy (non-hydrogen) atoms. The maximum atomic E-state index is 12.3. The van der Waals surface area contributed by atoms with Crippen molar-refractivity contribution >= 4 is 5.97 Å². The molecule has 1 aromatic carbocycles. The van der Waals surface area contributed by atoms with E-state index in [0.29, 0.717) is 5.69 Å². The van der Waals surface area contributed by atoms with Gasteiger partial charge in [-0.15, -0.1) is 0 Å². The molecule has 0 unspecified atom stereocenters. The third-order valence-electron chi connectivity index (χ3n) is 2.24. The lowest BCUT2D eigenvalue weighted by Gasteiger charge is -2.03. The number of hydrogen-bond donors (Lipinski definition) is 1. The molecule has 2 aromatic rings. The summed E-state index contributed by atoms with van der Waals surface area (Å²) in [5, 5.41) is 12.5. The minimum atomic E-state index is -2.52. The monoisotopic (exact) mass is 238 g/mol. The minimum Gasteiger partial charge on any atom is -0.478 e. The van der Waals surface area contributed by atoms with Gasteiger partial charge in [-0.25, -0.2) is 18.3 Å². The number of carboxylic acid groups (broad SMARTS) is 1. The third kappa shape index (κ3) is 2.30. The fraction of sp³-hybridized carbons (Fsp3) is 0.0909. The molecule has 4 nitrogen and oxygen atoms in total. The number of halogens is 2. The van der Waals surface area contributed by atoms with E-state index in [4.69, 9.17) is 5.11 Å². The fourth-order valence-corrected chi connectivity index (χ4v) is 1.35. The molecule has 88 valence electrons. The van der Waals surface area contributed by atoms with Crippen molar-refractivity contribution in [3.63, 3.8) is 0 Å². The first kappa shape index (κ1) is 11.3. The van der Waals surface area contributed by atoms with Gasteiger partial charge in [0.2, 0.25) is 0 Å². The molecular formula is C11H8F2N2O2. The normalized spacial score (nSPS) is 10.8. The average Bonchev–Trinajstić information content (AvgIpc) is 2.78. The Balaban J connectivity index is 2.30. The van der Waals surface area contributed by atoms with Crippen LogP contribution in [0.15, 0.2) is 36.7 Å². The Morgan fingerprint density at radius 3 is 2.41 bits per heavy atom. The van der Waals surface area contributed by atoms with Crippen molar-refractivity contribution in [3.8, 4) is 5.69 Å². The van der Waals surface area contributed by atoms with E-state index in [9.17, 15) is 13.6 Å². The Hall–Kier alpha value is -2.24. The van der Waals surface area contributed by atoms with Crippen LogP contribution in [-0.2, 0) is 0 Å². The largest absolute Gasteiger partial charge is 0.478 e. The highest BCUT2D eigenvalue weighted by atomic mass is 19.3. The fourth-order valence-electron chi connectivity index (χ4n) is 1.35. The Bertz CT molecular complexity index is 535. The van der Waals surface area contributed by atoms with Crippen molar-refractivity contribution in [1.29, 1.82) is 0 Å². The van der Waals surface area contributed by atoms with Crippen molar-refractivity contribution in [1.82, 2.24) is 9.78 Å². The van der Waals surface area contributed by atoms with E-state index in [2.05, 4.69) is 5.10 Å². The summed E-state index contributed by atoms with van der Waals surface area (Å²) in [5.74, 6) is -1.08. The second kappa shape index (κ2) is 4.32. The van der Waals surface area contributed by atoms with E-state index in [1.54, 1.807) is 0 Å². The first-order chi connectivity index (χ1) is 8.08. The van der Waals surface area contributed by atoms with Gasteiger partial charge in [-0.05, 0) is 12.1 Å². The van der Waals surface area contributed by atoms with Crippen LogP contribution in [0.3, 0.4) is 0 Å². The van der Waals surface area contributed by atoms with Crippen LogP contribution in [0.25, 0.3) is 5.69 Å². The van der Waals surface area contributed by atoms with E-state index in [0.717, 1.165) is 0 Å². The molecule has 1 aromatic heterocycles. The van der Waals surface area contributed by atoms with E-state index < -0.39 is 12.4 Å². The standard InChI is InChI=1S/C11H8F2N2O2/c12-10(13)7-1-3-9(4-2-7)15-6-8(5-14-15)11(16)17/h1-6,10H,(H,16,17). The van der Waals surface area contributed by atoms with Gasteiger partial charge in [0.05, 0.1) is 17.4 Å². The zero-order chi connectivity index (χ0) is 12.4. The van der Waals surface area contributed by atoms with Crippen LogP contribution in [0.5, 0.6) is 0 Å². The molecule has 1 heterocycles. The van der Waals surface area contributed by atoms with Gasteiger partial charge in [0, 0.05) is 11.8 Å². The maximum Gasteiger partial charge on any atom is 0.338 e. The van der Waals surface area contributed by atoms with Crippen LogP contribution in [0.4, 0.5) is 8.78 Å². The number of carbonyl (C=O) groups is 1. The highest BCUT2D eigenvalue weighted by molar-refractivity contribution is 5.86. The van der Waals surface area contributed by atoms with Crippen molar-refractivity contribution < 1.29 is 18.7 Å². The molecule has 0 amide bonds. The van der Waals surface area contributed by atoms with Crippen LogP contribution in [0.2, 0.25) is 0 Å². The van der Waals surface area contributed by atoms with Gasteiger partial charge in [0.25, 0.3) is 6.43 Å². The lowest BCUT2D eigenvalue weighted by atomic mass is 10.2. The second-order valence-corrected chi connectivity index (χ2v) is 3.37. The second-order valence-electron chi connectivity index (χ2n) is 3.37. The molecule has 0 aliphatic carbocycles. The number of aromatic nitrogens is 2. The highest BCUT2D eigenvalue weighted by Gasteiger charge is 2.09. The Kier molecular flexibility index (Phi) is 2.86. The number of nitrogens with zero attached hydrogens (tertiary/aromatic N) is 2. The number of carboxylic acids is 1. The molecule has 2 rings (SSSR count). The summed E-state index contributed by atoms with van der Waals surface area (Å²) in [7, 11) is 0. The average molecular weight is 238 g/mol. The van der Waals surface area contributed by atoms with Gasteiger partial charge in [0.1, 0.15) is 0 Å². The van der Waals surface area contributed by atoms with E-state index in [-0.39, 0.29) is 11.1 Å². The zero-order valence-electron chi connectivity index (χ0n) is 8.55. The quantitative estimate of drug-likeness (QED) is 0.893. The van der Waals surface area contributed by atoms with E-state index in [1.165, 1.54) is 41.3 Å². The molecule has 0 aliphatic heterocycles. The summed E-state index contributed by atoms with van der Waals surface area (Å²) >= 11 is 0. The molecule has 0 radical (unpaired) electrons. The zero-order valence-corrected chi connectivity index (χ0v) is 8.55. The smallest absolute Gasteiger partial charge is 0.338 e. The first-order valence-electron chi connectivity index (χ1n) is 4.74. The van der Waals surface area contributed by atoms with Crippen molar-refractivity contribution in [2.24, 2.45) is 0 Å². The number of hydrogen-bond acceptors (Lipinski definition) is 2. The predicted molar refractivity (Wildman–Crippen MR) is 55.5 cm³/mol. The van der Waals surface area contributed by atoms with Gasteiger partial charge in [-0.3, -0.25) is 0 Å². The summed E-state index contributed by atoms with van der Waals surface area (Å²) in [4.78, 5) is 10.6. The van der Waals surface area contributed by atoms with E-state index >= 15 is 0 Å². The summed E-state index contributed by atoms with van der Waals surface area (Å²) in [6.45, 7) is 0. The number of benzene rings is 1. The topological polar surface area (TPSA) is 55.1 Å². The maximum absolute atomic E-state index is 12.3. The van der Waals surface area contributed by atoms with E-state index in [1.807, 2.05) is 0 Å². The van der Waals surface area contributed by atoms with Crippen LogP contribution in [0, 0.1) is 0 Å².